The highest BCUT2D eigenvalue weighted by molar-refractivity contribution is 8.00. The molecule has 116 valence electrons. The number of rotatable bonds is 5. The number of thioether (sulfide) groups is 1. The van der Waals surface area contributed by atoms with E-state index in [0.717, 1.165) is 6.54 Å². The first-order valence-corrected chi connectivity index (χ1v) is 9.87. The fourth-order valence-corrected chi connectivity index (χ4v) is 4.94. The molecule has 0 aromatic carbocycles. The lowest BCUT2D eigenvalue weighted by Gasteiger charge is -2.44. The molecule has 2 aliphatic rings. The number of carbonyl (C=O) groups excluding carboxylic acids is 1. The van der Waals surface area contributed by atoms with E-state index in [0.29, 0.717) is 5.92 Å². The second-order valence-electron chi connectivity index (χ2n) is 6.55. The second-order valence-corrected chi connectivity index (χ2v) is 8.61. The molecule has 2 fully saturated rings. The average molecular weight is 325 g/mol. The highest BCUT2D eigenvalue weighted by Gasteiger charge is 2.46. The maximum atomic E-state index is 12.8. The van der Waals surface area contributed by atoms with Gasteiger partial charge in [-0.25, -0.2) is 0 Å². The predicted molar refractivity (Wildman–Crippen MR) is 90.6 cm³/mol. The first-order valence-electron chi connectivity index (χ1n) is 7.70. The minimum absolute atomic E-state index is 0.0473. The molecule has 3 nitrogen and oxygen atoms in total. The lowest BCUT2D eigenvalue weighted by atomic mass is 9.83. The van der Waals surface area contributed by atoms with Crippen molar-refractivity contribution in [3.63, 3.8) is 0 Å². The van der Waals surface area contributed by atoms with Crippen molar-refractivity contribution in [2.24, 2.45) is 5.92 Å². The van der Waals surface area contributed by atoms with Crippen molar-refractivity contribution in [1.82, 2.24) is 10.2 Å². The summed E-state index contributed by atoms with van der Waals surface area (Å²) in [5.74, 6) is 0.608. The fraction of sp³-hybridized carbons (Fsp3) is 0.688. The van der Waals surface area contributed by atoms with Crippen LogP contribution in [0.5, 0.6) is 0 Å². The van der Waals surface area contributed by atoms with Crippen molar-refractivity contribution in [1.29, 1.82) is 0 Å². The van der Waals surface area contributed by atoms with Crippen molar-refractivity contribution in [3.8, 4) is 0 Å². The maximum absolute atomic E-state index is 12.8. The highest BCUT2D eigenvalue weighted by Crippen LogP contribution is 2.45. The van der Waals surface area contributed by atoms with Gasteiger partial charge in [0.15, 0.2) is 0 Å². The fourth-order valence-electron chi connectivity index (χ4n) is 3.30. The van der Waals surface area contributed by atoms with Crippen LogP contribution in [0, 0.1) is 5.92 Å². The average Bonchev–Trinajstić information content (AvgIpc) is 3.02. The second kappa shape index (κ2) is 5.94. The molecule has 0 radical (unpaired) electrons. The van der Waals surface area contributed by atoms with Gasteiger partial charge in [0, 0.05) is 11.3 Å². The SMILES string of the molecule is CSC1(CN2C(=O)C(C(C)C)NC2c2ccsc2)CCC1. The molecule has 0 bridgehead atoms. The van der Waals surface area contributed by atoms with Gasteiger partial charge in [-0.15, -0.1) is 0 Å². The van der Waals surface area contributed by atoms with Crippen molar-refractivity contribution in [3.05, 3.63) is 22.4 Å². The van der Waals surface area contributed by atoms with E-state index in [4.69, 9.17) is 0 Å². The number of carbonyl (C=O) groups is 1. The lowest BCUT2D eigenvalue weighted by molar-refractivity contribution is -0.131. The largest absolute Gasteiger partial charge is 0.320 e. The zero-order chi connectivity index (χ0) is 15.0. The molecule has 0 spiro atoms. The van der Waals surface area contributed by atoms with Gasteiger partial charge in [0.2, 0.25) is 5.91 Å². The topological polar surface area (TPSA) is 32.3 Å². The minimum atomic E-state index is -0.0473. The van der Waals surface area contributed by atoms with Crippen LogP contribution in [0.15, 0.2) is 16.8 Å². The summed E-state index contributed by atoms with van der Waals surface area (Å²) < 4.78 is 0.289. The molecule has 1 saturated heterocycles. The molecule has 1 N–H and O–H groups in total. The van der Waals surface area contributed by atoms with E-state index >= 15 is 0 Å². The Labute approximate surface area is 135 Å². The van der Waals surface area contributed by atoms with Crippen molar-refractivity contribution in [2.45, 2.75) is 50.1 Å². The summed E-state index contributed by atoms with van der Waals surface area (Å²) in [4.78, 5) is 14.9. The molecule has 1 saturated carbocycles. The van der Waals surface area contributed by atoms with Crippen molar-refractivity contribution >= 4 is 29.0 Å². The van der Waals surface area contributed by atoms with E-state index in [2.05, 4.69) is 47.1 Å². The van der Waals surface area contributed by atoms with Crippen LogP contribution in [0.3, 0.4) is 0 Å². The van der Waals surface area contributed by atoms with E-state index in [1.54, 1.807) is 11.3 Å². The third kappa shape index (κ3) is 2.76. The number of hydrogen-bond acceptors (Lipinski definition) is 4. The molecule has 5 heteroatoms. The van der Waals surface area contributed by atoms with E-state index in [1.807, 2.05) is 11.8 Å². The minimum Gasteiger partial charge on any atom is -0.320 e. The Balaban J connectivity index is 1.84. The molecule has 1 aliphatic carbocycles. The van der Waals surface area contributed by atoms with Crippen LogP contribution in [-0.4, -0.2) is 34.4 Å². The molecule has 1 aliphatic heterocycles. The summed E-state index contributed by atoms with van der Waals surface area (Å²) in [7, 11) is 0. The highest BCUT2D eigenvalue weighted by atomic mass is 32.2. The van der Waals surface area contributed by atoms with E-state index < -0.39 is 0 Å². The molecule has 2 unspecified atom stereocenters. The van der Waals surface area contributed by atoms with Gasteiger partial charge in [-0.1, -0.05) is 20.3 Å². The smallest absolute Gasteiger partial charge is 0.241 e. The molecular formula is C16H24N2OS2. The molecule has 3 rings (SSSR count). The van der Waals surface area contributed by atoms with Crippen molar-refractivity contribution < 1.29 is 4.79 Å². The van der Waals surface area contributed by atoms with Gasteiger partial charge >= 0.3 is 0 Å². The van der Waals surface area contributed by atoms with Gasteiger partial charge in [0.1, 0.15) is 6.17 Å². The summed E-state index contributed by atoms with van der Waals surface area (Å²) >= 11 is 3.64. The Bertz CT molecular complexity index is 491. The number of hydrogen-bond donors (Lipinski definition) is 1. The molecule has 2 atom stereocenters. The Kier molecular flexibility index (Phi) is 4.35. The van der Waals surface area contributed by atoms with E-state index in [-0.39, 0.29) is 22.9 Å². The zero-order valence-corrected chi connectivity index (χ0v) is 14.6. The molecule has 1 aromatic heterocycles. The molecule has 1 amide bonds. The van der Waals surface area contributed by atoms with Gasteiger partial charge in [-0.3, -0.25) is 10.1 Å². The lowest BCUT2D eigenvalue weighted by Crippen LogP contribution is -2.47. The van der Waals surface area contributed by atoms with E-state index in [9.17, 15) is 4.79 Å². The molecule has 2 heterocycles. The Morgan fingerprint density at radius 3 is 2.76 bits per heavy atom. The first-order chi connectivity index (χ1) is 10.1. The number of amides is 1. The van der Waals surface area contributed by atoms with E-state index in [1.165, 1.54) is 24.8 Å². The van der Waals surface area contributed by atoms with Gasteiger partial charge in [0.25, 0.3) is 0 Å². The first kappa shape index (κ1) is 15.4. The molecule has 1 aromatic rings. The standard InChI is InChI=1S/C16H24N2OS2/c1-11(2)13-15(19)18(10-16(20-3)6-4-7-16)14(17-13)12-5-8-21-9-12/h5,8-9,11,13-14,17H,4,6-7,10H2,1-3H3. The number of nitrogens with one attached hydrogen (secondary N) is 1. The number of nitrogens with zero attached hydrogens (tertiary/aromatic N) is 1. The summed E-state index contributed by atoms with van der Waals surface area (Å²) in [5, 5.41) is 7.81. The van der Waals surface area contributed by atoms with Crippen LogP contribution in [0.2, 0.25) is 0 Å². The van der Waals surface area contributed by atoms with Crippen LogP contribution in [0.1, 0.15) is 44.8 Å². The van der Waals surface area contributed by atoms with Gasteiger partial charge in [-0.2, -0.15) is 23.1 Å². The van der Waals surface area contributed by atoms with Crippen LogP contribution in [0.4, 0.5) is 0 Å². The normalized spacial score (nSPS) is 28.2. The Hall–Kier alpha value is -0.520. The summed E-state index contributed by atoms with van der Waals surface area (Å²) in [5.41, 5.74) is 1.23. The summed E-state index contributed by atoms with van der Waals surface area (Å²) in [6.07, 6.45) is 6.02. The van der Waals surface area contributed by atoms with Gasteiger partial charge in [0.05, 0.1) is 6.04 Å². The maximum Gasteiger partial charge on any atom is 0.241 e. The number of thiophene rings is 1. The molecular weight excluding hydrogens is 300 g/mol. The summed E-state index contributed by atoms with van der Waals surface area (Å²) in [6.45, 7) is 5.12. The Morgan fingerprint density at radius 1 is 1.52 bits per heavy atom. The van der Waals surface area contributed by atoms with Gasteiger partial charge < -0.3 is 4.90 Å². The Morgan fingerprint density at radius 2 is 2.29 bits per heavy atom. The quantitative estimate of drug-likeness (QED) is 0.900. The monoisotopic (exact) mass is 324 g/mol. The van der Waals surface area contributed by atoms with Crippen LogP contribution in [-0.2, 0) is 4.79 Å². The zero-order valence-electron chi connectivity index (χ0n) is 13.0. The summed E-state index contributed by atoms with van der Waals surface area (Å²) in [6, 6.07) is 2.09. The van der Waals surface area contributed by atoms with Crippen molar-refractivity contribution in [2.75, 3.05) is 12.8 Å². The van der Waals surface area contributed by atoms with Crippen LogP contribution >= 0.6 is 23.1 Å². The predicted octanol–water partition coefficient (Wildman–Crippen LogP) is 3.49. The third-order valence-corrected chi connectivity index (χ3v) is 6.98. The van der Waals surface area contributed by atoms with Crippen LogP contribution in [0.25, 0.3) is 0 Å². The van der Waals surface area contributed by atoms with Crippen LogP contribution < -0.4 is 5.32 Å². The van der Waals surface area contributed by atoms with Gasteiger partial charge in [-0.05, 0) is 47.4 Å². The molecule has 21 heavy (non-hydrogen) atoms. The third-order valence-electron chi connectivity index (χ3n) is 4.88.